The van der Waals surface area contributed by atoms with E-state index in [0.29, 0.717) is 16.5 Å². The summed E-state index contributed by atoms with van der Waals surface area (Å²) in [5.74, 6) is -0.511. The van der Waals surface area contributed by atoms with Crippen LogP contribution in [-0.4, -0.2) is 22.8 Å². The largest absolute Gasteiger partial charge is 0.422 e. The van der Waals surface area contributed by atoms with Crippen LogP contribution in [0.3, 0.4) is 0 Å². The van der Waals surface area contributed by atoms with Crippen molar-refractivity contribution in [2.24, 2.45) is 0 Å². The first kappa shape index (κ1) is 17.3. The first-order valence-electron chi connectivity index (χ1n) is 7.93. The Morgan fingerprint density at radius 1 is 1.15 bits per heavy atom. The molecular formula is C19H16N2O5. The molecule has 7 heteroatoms. The van der Waals surface area contributed by atoms with Crippen LogP contribution in [0.25, 0.3) is 11.0 Å². The lowest BCUT2D eigenvalue weighted by molar-refractivity contribution is -0.384. The molecule has 3 rings (SSSR count). The van der Waals surface area contributed by atoms with Crippen LogP contribution >= 0.6 is 0 Å². The van der Waals surface area contributed by atoms with E-state index < -0.39 is 22.5 Å². The Kier molecular flexibility index (Phi) is 4.53. The first-order valence-corrected chi connectivity index (χ1v) is 7.93. The Balaban J connectivity index is 1.94. The highest BCUT2D eigenvalue weighted by Crippen LogP contribution is 2.24. The normalized spacial score (nSPS) is 11.9. The van der Waals surface area contributed by atoms with Crippen LogP contribution in [-0.2, 0) is 0 Å². The van der Waals surface area contributed by atoms with Crippen molar-refractivity contribution in [1.29, 1.82) is 0 Å². The predicted molar refractivity (Wildman–Crippen MR) is 96.1 cm³/mol. The van der Waals surface area contributed by atoms with Gasteiger partial charge in [0.2, 0.25) is 0 Å². The molecule has 1 atom stereocenters. The van der Waals surface area contributed by atoms with Crippen LogP contribution < -0.4 is 5.63 Å². The van der Waals surface area contributed by atoms with Crippen molar-refractivity contribution in [3.05, 3.63) is 86.3 Å². The number of carbonyl (C=O) groups excluding carboxylic acids is 1. The molecule has 26 heavy (non-hydrogen) atoms. The van der Waals surface area contributed by atoms with Gasteiger partial charge in [0.1, 0.15) is 11.1 Å². The number of non-ortho nitro benzene ring substituents is 1. The van der Waals surface area contributed by atoms with E-state index in [-0.39, 0.29) is 11.3 Å². The standard InChI is InChI=1S/C19H16N2O5/c1-12(13-7-5-8-15(10-13)21(24)25)20(2)18(22)16-11-14-6-3-4-9-17(14)26-19(16)23/h3-12H,1-2H3. The molecule has 0 aliphatic rings. The van der Waals surface area contributed by atoms with Crippen molar-refractivity contribution < 1.29 is 14.1 Å². The second kappa shape index (κ2) is 6.79. The molecule has 0 spiro atoms. The Labute approximate surface area is 148 Å². The van der Waals surface area contributed by atoms with Gasteiger partial charge in [-0.3, -0.25) is 14.9 Å². The zero-order valence-electron chi connectivity index (χ0n) is 14.2. The van der Waals surface area contributed by atoms with E-state index in [9.17, 15) is 19.7 Å². The van der Waals surface area contributed by atoms with E-state index >= 15 is 0 Å². The van der Waals surface area contributed by atoms with Gasteiger partial charge >= 0.3 is 5.63 Å². The quantitative estimate of drug-likeness (QED) is 0.407. The SMILES string of the molecule is CC(c1cccc([N+](=O)[O-])c1)N(C)C(=O)c1cc2ccccc2oc1=O. The minimum absolute atomic E-state index is 0.0552. The number of fused-ring (bicyclic) bond motifs is 1. The minimum Gasteiger partial charge on any atom is -0.422 e. The topological polar surface area (TPSA) is 93.7 Å². The van der Waals surface area contributed by atoms with E-state index in [4.69, 9.17) is 4.42 Å². The number of carbonyl (C=O) groups is 1. The highest BCUT2D eigenvalue weighted by molar-refractivity contribution is 5.96. The van der Waals surface area contributed by atoms with Crippen LogP contribution in [0.4, 0.5) is 5.69 Å². The number of nitro groups is 1. The third-order valence-corrected chi connectivity index (χ3v) is 4.34. The van der Waals surface area contributed by atoms with Crippen molar-refractivity contribution in [2.75, 3.05) is 7.05 Å². The van der Waals surface area contributed by atoms with E-state index in [2.05, 4.69) is 0 Å². The molecule has 1 aromatic heterocycles. The molecule has 1 amide bonds. The Bertz CT molecular complexity index is 1060. The molecule has 1 unspecified atom stereocenters. The number of hydrogen-bond donors (Lipinski definition) is 0. The molecular weight excluding hydrogens is 336 g/mol. The Morgan fingerprint density at radius 2 is 1.88 bits per heavy atom. The molecule has 132 valence electrons. The van der Waals surface area contributed by atoms with Gasteiger partial charge in [0.15, 0.2) is 0 Å². The highest BCUT2D eigenvalue weighted by atomic mass is 16.6. The van der Waals surface area contributed by atoms with Crippen LogP contribution in [0.1, 0.15) is 28.9 Å². The van der Waals surface area contributed by atoms with Gasteiger partial charge in [-0.15, -0.1) is 0 Å². The summed E-state index contributed by atoms with van der Waals surface area (Å²) >= 11 is 0. The zero-order valence-corrected chi connectivity index (χ0v) is 14.2. The molecule has 0 aliphatic carbocycles. The van der Waals surface area contributed by atoms with Gasteiger partial charge < -0.3 is 9.32 Å². The van der Waals surface area contributed by atoms with Gasteiger partial charge in [0.05, 0.1) is 11.0 Å². The summed E-state index contributed by atoms with van der Waals surface area (Å²) in [5.41, 5.74) is 0.152. The molecule has 0 saturated carbocycles. The summed E-state index contributed by atoms with van der Waals surface area (Å²) in [6.45, 7) is 1.74. The molecule has 0 bridgehead atoms. The maximum Gasteiger partial charge on any atom is 0.349 e. The molecule has 0 fully saturated rings. The molecule has 0 radical (unpaired) electrons. The summed E-state index contributed by atoms with van der Waals surface area (Å²) in [5, 5.41) is 11.6. The lowest BCUT2D eigenvalue weighted by Gasteiger charge is -2.25. The Hall–Kier alpha value is -3.48. The summed E-state index contributed by atoms with van der Waals surface area (Å²) in [6.07, 6.45) is 0. The number of para-hydroxylation sites is 1. The van der Waals surface area contributed by atoms with Crippen molar-refractivity contribution in [1.82, 2.24) is 4.90 Å². The fourth-order valence-electron chi connectivity index (χ4n) is 2.70. The van der Waals surface area contributed by atoms with Gasteiger partial charge in [0.25, 0.3) is 11.6 Å². The summed E-state index contributed by atoms with van der Waals surface area (Å²) in [6, 6.07) is 14.0. The lowest BCUT2D eigenvalue weighted by Crippen LogP contribution is -2.32. The lowest BCUT2D eigenvalue weighted by atomic mass is 10.1. The smallest absolute Gasteiger partial charge is 0.349 e. The average molecular weight is 352 g/mol. The van der Waals surface area contributed by atoms with Gasteiger partial charge in [-0.05, 0) is 24.6 Å². The van der Waals surface area contributed by atoms with Gasteiger partial charge in [-0.25, -0.2) is 4.79 Å². The van der Waals surface area contributed by atoms with Crippen molar-refractivity contribution in [2.45, 2.75) is 13.0 Å². The number of rotatable bonds is 4. The van der Waals surface area contributed by atoms with Crippen molar-refractivity contribution >= 4 is 22.6 Å². The van der Waals surface area contributed by atoms with E-state index in [0.717, 1.165) is 0 Å². The van der Waals surface area contributed by atoms with Crippen molar-refractivity contribution in [3.63, 3.8) is 0 Å². The van der Waals surface area contributed by atoms with Gasteiger partial charge in [-0.1, -0.05) is 30.3 Å². The maximum absolute atomic E-state index is 12.8. The van der Waals surface area contributed by atoms with Crippen molar-refractivity contribution in [3.8, 4) is 0 Å². The third-order valence-electron chi connectivity index (χ3n) is 4.34. The van der Waals surface area contributed by atoms with Gasteiger partial charge in [-0.2, -0.15) is 0 Å². The third kappa shape index (κ3) is 3.19. The fourth-order valence-corrected chi connectivity index (χ4v) is 2.70. The number of hydrogen-bond acceptors (Lipinski definition) is 5. The summed E-state index contributed by atoms with van der Waals surface area (Å²) in [7, 11) is 1.54. The molecule has 2 aromatic carbocycles. The molecule has 3 aromatic rings. The number of nitrogens with zero attached hydrogens (tertiary/aromatic N) is 2. The molecule has 1 heterocycles. The van der Waals surface area contributed by atoms with E-state index in [1.165, 1.54) is 23.1 Å². The second-order valence-corrected chi connectivity index (χ2v) is 5.93. The Morgan fingerprint density at radius 3 is 2.62 bits per heavy atom. The van der Waals surface area contributed by atoms with Crippen LogP contribution in [0.15, 0.2) is 63.8 Å². The molecule has 7 nitrogen and oxygen atoms in total. The second-order valence-electron chi connectivity index (χ2n) is 5.93. The maximum atomic E-state index is 12.8. The summed E-state index contributed by atoms with van der Waals surface area (Å²) in [4.78, 5) is 36.8. The van der Waals surface area contributed by atoms with Crippen LogP contribution in [0.5, 0.6) is 0 Å². The van der Waals surface area contributed by atoms with Crippen LogP contribution in [0, 0.1) is 10.1 Å². The van der Waals surface area contributed by atoms with E-state index in [1.807, 2.05) is 0 Å². The van der Waals surface area contributed by atoms with E-state index in [1.54, 1.807) is 50.4 Å². The van der Waals surface area contributed by atoms with Crippen LogP contribution in [0.2, 0.25) is 0 Å². The first-order chi connectivity index (χ1) is 12.4. The predicted octanol–water partition coefficient (Wildman–Crippen LogP) is 3.53. The fraction of sp³-hybridized carbons (Fsp3) is 0.158. The minimum atomic E-state index is -0.716. The zero-order chi connectivity index (χ0) is 18.8. The number of benzene rings is 2. The number of nitro benzene ring substituents is 1. The van der Waals surface area contributed by atoms with Gasteiger partial charge in [0, 0.05) is 24.6 Å². The highest BCUT2D eigenvalue weighted by Gasteiger charge is 2.23. The molecule has 0 aliphatic heterocycles. The molecule has 0 N–H and O–H groups in total. The number of amides is 1. The summed E-state index contributed by atoms with van der Waals surface area (Å²) < 4.78 is 5.21. The average Bonchev–Trinajstić information content (AvgIpc) is 2.65. The molecule has 0 saturated heterocycles. The monoisotopic (exact) mass is 352 g/mol.